The normalized spacial score (nSPS) is 59.6. The summed E-state index contributed by atoms with van der Waals surface area (Å²) in [7, 11) is 0. The molecule has 0 amide bonds. The maximum absolute atomic E-state index is 6.54. The topological polar surface area (TPSA) is 27.7 Å². The molecule has 3 aliphatic carbocycles. The molecule has 2 heterocycles. The van der Waals surface area contributed by atoms with Gasteiger partial charge in [-0.2, -0.15) is 0 Å². The molecular formula is C17H24O3. The van der Waals surface area contributed by atoms with Crippen LogP contribution in [-0.4, -0.2) is 37.1 Å². The van der Waals surface area contributed by atoms with E-state index in [2.05, 4.69) is 20.4 Å². The summed E-state index contributed by atoms with van der Waals surface area (Å²) in [6, 6.07) is 0. The zero-order chi connectivity index (χ0) is 13.8. The Balaban J connectivity index is 1.55. The van der Waals surface area contributed by atoms with Crippen LogP contribution < -0.4 is 0 Å². The molecule has 3 saturated carbocycles. The Hall–Kier alpha value is -0.380. The lowest BCUT2D eigenvalue weighted by Gasteiger charge is -2.54. The fraction of sp³-hybridized carbons (Fsp3) is 0.882. The Labute approximate surface area is 120 Å². The van der Waals surface area contributed by atoms with Crippen molar-refractivity contribution < 1.29 is 14.2 Å². The van der Waals surface area contributed by atoms with Crippen LogP contribution >= 0.6 is 0 Å². The van der Waals surface area contributed by atoms with E-state index >= 15 is 0 Å². The van der Waals surface area contributed by atoms with Crippen LogP contribution in [0.1, 0.15) is 26.7 Å². The van der Waals surface area contributed by atoms with E-state index in [1.54, 1.807) is 0 Å². The van der Waals surface area contributed by atoms with Gasteiger partial charge in [0, 0.05) is 11.8 Å². The average Bonchev–Trinajstić information content (AvgIpc) is 2.71. The number of rotatable bonds is 4. The van der Waals surface area contributed by atoms with Crippen molar-refractivity contribution in [2.75, 3.05) is 19.8 Å². The highest BCUT2D eigenvalue weighted by Gasteiger charge is 2.95. The van der Waals surface area contributed by atoms with Gasteiger partial charge in [0.05, 0.1) is 42.5 Å². The van der Waals surface area contributed by atoms with E-state index in [0.717, 1.165) is 38.1 Å². The molecule has 0 N–H and O–H groups in total. The van der Waals surface area contributed by atoms with Crippen molar-refractivity contribution in [2.24, 2.45) is 29.1 Å². The molecule has 0 aromatic rings. The highest BCUT2D eigenvalue weighted by Crippen LogP contribution is 2.87. The largest absolute Gasteiger partial charge is 0.380 e. The second-order valence-electron chi connectivity index (χ2n) is 8.01. The first kappa shape index (κ1) is 12.2. The predicted molar refractivity (Wildman–Crippen MR) is 74.3 cm³/mol. The van der Waals surface area contributed by atoms with Gasteiger partial charge in [0.15, 0.2) is 0 Å². The lowest BCUT2D eigenvalue weighted by Crippen LogP contribution is -2.62. The van der Waals surface area contributed by atoms with E-state index in [9.17, 15) is 0 Å². The van der Waals surface area contributed by atoms with Crippen LogP contribution in [0.2, 0.25) is 0 Å². The molecule has 0 aromatic heterocycles. The molecule has 1 spiro atoms. The van der Waals surface area contributed by atoms with Crippen LogP contribution in [0.3, 0.4) is 0 Å². The van der Waals surface area contributed by atoms with Crippen molar-refractivity contribution in [3.05, 3.63) is 12.7 Å². The molecule has 3 heteroatoms. The summed E-state index contributed by atoms with van der Waals surface area (Å²) in [5, 5.41) is 0. The van der Waals surface area contributed by atoms with Gasteiger partial charge in [0.1, 0.15) is 0 Å². The van der Waals surface area contributed by atoms with Crippen molar-refractivity contribution in [3.8, 4) is 0 Å². The van der Waals surface area contributed by atoms with Crippen molar-refractivity contribution in [2.45, 2.75) is 44.0 Å². The van der Waals surface area contributed by atoms with E-state index in [1.165, 1.54) is 6.42 Å². The Kier molecular flexibility index (Phi) is 2.03. The summed E-state index contributed by atoms with van der Waals surface area (Å²) in [5.41, 5.74) is 0.294. The smallest absolute Gasteiger partial charge is 0.0857 e. The third-order valence-corrected chi connectivity index (χ3v) is 7.14. The number of fused-ring (bicyclic) bond motifs is 3. The van der Waals surface area contributed by atoms with Gasteiger partial charge in [-0.1, -0.05) is 6.08 Å². The molecular weight excluding hydrogens is 252 g/mol. The highest BCUT2D eigenvalue weighted by atomic mass is 16.6. The molecule has 7 atom stereocenters. The van der Waals surface area contributed by atoms with Crippen molar-refractivity contribution in [1.29, 1.82) is 0 Å². The van der Waals surface area contributed by atoms with Crippen LogP contribution in [-0.2, 0) is 14.2 Å². The first-order valence-electron chi connectivity index (χ1n) is 8.10. The summed E-state index contributed by atoms with van der Waals surface area (Å²) in [6.45, 7) is 10.9. The van der Waals surface area contributed by atoms with Gasteiger partial charge >= 0.3 is 0 Å². The van der Waals surface area contributed by atoms with Crippen molar-refractivity contribution >= 4 is 0 Å². The van der Waals surface area contributed by atoms with Crippen molar-refractivity contribution in [3.63, 3.8) is 0 Å². The fourth-order valence-electron chi connectivity index (χ4n) is 6.61. The van der Waals surface area contributed by atoms with Gasteiger partial charge < -0.3 is 14.2 Å². The van der Waals surface area contributed by atoms with E-state index in [-0.39, 0.29) is 16.6 Å². The first-order chi connectivity index (χ1) is 9.59. The molecule has 1 unspecified atom stereocenters. The van der Waals surface area contributed by atoms with Gasteiger partial charge in [-0.3, -0.25) is 0 Å². The van der Waals surface area contributed by atoms with Crippen LogP contribution in [0, 0.1) is 29.1 Å². The van der Waals surface area contributed by atoms with Gasteiger partial charge in [0.2, 0.25) is 0 Å². The monoisotopic (exact) mass is 276 g/mol. The Morgan fingerprint density at radius 1 is 1.35 bits per heavy atom. The minimum atomic E-state index is 0.0398. The molecule has 0 aromatic carbocycles. The minimum absolute atomic E-state index is 0.0398. The molecule has 20 heavy (non-hydrogen) atoms. The van der Waals surface area contributed by atoms with E-state index < -0.39 is 0 Å². The molecule has 5 aliphatic rings. The van der Waals surface area contributed by atoms with Crippen LogP contribution in [0.5, 0.6) is 0 Å². The number of hydrogen-bond donors (Lipinski definition) is 0. The van der Waals surface area contributed by atoms with Crippen LogP contribution in [0.15, 0.2) is 12.7 Å². The molecule has 3 nitrogen and oxygen atoms in total. The zero-order valence-corrected chi connectivity index (χ0v) is 12.4. The molecule has 0 bridgehead atoms. The van der Waals surface area contributed by atoms with Crippen molar-refractivity contribution in [1.82, 2.24) is 0 Å². The van der Waals surface area contributed by atoms with E-state index in [1.807, 2.05) is 6.08 Å². The standard InChI is InChI=1S/C17H24O3/c1-4-5-6-19-17-11-7-10-8-18-9-16(10,17)14-13(12(11)17)15(2,3)20-14/h4,10-14H,1,5-9H2,2-3H3/t10-,11-,12-,13-,14-,16+,17?/m1/s1. The van der Waals surface area contributed by atoms with Gasteiger partial charge in [-0.15, -0.1) is 6.58 Å². The highest BCUT2D eigenvalue weighted by molar-refractivity contribution is 5.42. The Bertz CT molecular complexity index is 487. The van der Waals surface area contributed by atoms with E-state index in [4.69, 9.17) is 14.2 Å². The Morgan fingerprint density at radius 3 is 2.95 bits per heavy atom. The second kappa shape index (κ2) is 3.34. The second-order valence-corrected chi connectivity index (χ2v) is 8.01. The molecule has 0 radical (unpaired) electrons. The summed E-state index contributed by atoms with van der Waals surface area (Å²) < 4.78 is 18.8. The summed E-state index contributed by atoms with van der Waals surface area (Å²) in [4.78, 5) is 0. The Morgan fingerprint density at radius 2 is 2.20 bits per heavy atom. The molecule has 5 rings (SSSR count). The molecule has 2 aliphatic heterocycles. The fourth-order valence-corrected chi connectivity index (χ4v) is 6.61. The SMILES string of the molecule is C=CCCOC12[C@H]3[C@@H]4[C@@H](OC4(C)C)[C@@]14COC[C@H]4C[C@H]32. The quantitative estimate of drug-likeness (QED) is 0.583. The first-order valence-corrected chi connectivity index (χ1v) is 8.10. The van der Waals surface area contributed by atoms with Crippen LogP contribution in [0.4, 0.5) is 0 Å². The average molecular weight is 276 g/mol. The van der Waals surface area contributed by atoms with Gasteiger partial charge in [-0.05, 0) is 38.5 Å². The van der Waals surface area contributed by atoms with Gasteiger partial charge in [0.25, 0.3) is 0 Å². The number of hydrogen-bond acceptors (Lipinski definition) is 3. The maximum Gasteiger partial charge on any atom is 0.0857 e. The van der Waals surface area contributed by atoms with E-state index in [0.29, 0.717) is 17.9 Å². The van der Waals surface area contributed by atoms with Gasteiger partial charge in [-0.25, -0.2) is 0 Å². The zero-order valence-electron chi connectivity index (χ0n) is 12.4. The lowest BCUT2D eigenvalue weighted by molar-refractivity contribution is -0.277. The molecule has 110 valence electrons. The predicted octanol–water partition coefficient (Wildman–Crippen LogP) is 2.41. The van der Waals surface area contributed by atoms with Crippen LogP contribution in [0.25, 0.3) is 0 Å². The third kappa shape index (κ3) is 0.976. The lowest BCUT2D eigenvalue weighted by atomic mass is 9.67. The summed E-state index contributed by atoms with van der Waals surface area (Å²) in [5.74, 6) is 2.84. The maximum atomic E-state index is 6.54. The summed E-state index contributed by atoms with van der Waals surface area (Å²) in [6.07, 6.45) is 4.59. The summed E-state index contributed by atoms with van der Waals surface area (Å²) >= 11 is 0. The minimum Gasteiger partial charge on any atom is -0.380 e. The molecule has 2 saturated heterocycles. The molecule has 5 fully saturated rings. The number of ether oxygens (including phenoxy) is 3. The third-order valence-electron chi connectivity index (χ3n) is 7.14.